The molecular weight excluding hydrogens is 390 g/mol. The van der Waals surface area contributed by atoms with Crippen LogP contribution in [0.2, 0.25) is 5.02 Å². The molecule has 0 bridgehead atoms. The van der Waals surface area contributed by atoms with Gasteiger partial charge in [-0.2, -0.15) is 0 Å². The molecule has 0 spiro atoms. The van der Waals surface area contributed by atoms with Crippen LogP contribution in [0.4, 0.5) is 5.69 Å². The van der Waals surface area contributed by atoms with E-state index < -0.39 is 17.9 Å². The monoisotopic (exact) mass is 413 g/mol. The van der Waals surface area contributed by atoms with E-state index in [4.69, 9.17) is 11.6 Å². The van der Waals surface area contributed by atoms with Crippen LogP contribution in [0.15, 0.2) is 48.5 Å². The number of para-hydroxylation sites is 1. The summed E-state index contributed by atoms with van der Waals surface area (Å²) in [6.07, 6.45) is 1.95. The highest BCUT2D eigenvalue weighted by Gasteiger charge is 2.28. The van der Waals surface area contributed by atoms with Crippen LogP contribution in [0.1, 0.15) is 47.4 Å². The molecule has 2 aromatic rings. The third kappa shape index (κ3) is 5.35. The van der Waals surface area contributed by atoms with E-state index in [1.807, 2.05) is 13.8 Å². The quantitative estimate of drug-likeness (QED) is 0.647. The first-order valence-corrected chi connectivity index (χ1v) is 10.0. The summed E-state index contributed by atoms with van der Waals surface area (Å²) in [7, 11) is 0. The van der Waals surface area contributed by atoms with E-state index in [2.05, 4.69) is 16.0 Å². The second-order valence-electron chi connectivity index (χ2n) is 7.46. The number of halogens is 1. The molecule has 1 atom stereocenters. The molecule has 6 nitrogen and oxygen atoms in total. The first kappa shape index (κ1) is 20.9. The second-order valence-corrected chi connectivity index (χ2v) is 7.86. The van der Waals surface area contributed by atoms with Crippen molar-refractivity contribution in [3.8, 4) is 0 Å². The molecule has 0 heterocycles. The van der Waals surface area contributed by atoms with Crippen molar-refractivity contribution in [2.45, 2.75) is 38.8 Å². The highest BCUT2D eigenvalue weighted by atomic mass is 35.5. The third-order valence-corrected chi connectivity index (χ3v) is 5.03. The van der Waals surface area contributed by atoms with Crippen molar-refractivity contribution in [3.63, 3.8) is 0 Å². The number of hydrogen-bond acceptors (Lipinski definition) is 3. The van der Waals surface area contributed by atoms with Gasteiger partial charge in [0.15, 0.2) is 0 Å². The minimum Gasteiger partial charge on any atom is -0.349 e. The van der Waals surface area contributed by atoms with Crippen LogP contribution >= 0.6 is 11.6 Å². The molecule has 0 unspecified atom stereocenters. The molecular formula is C22H24ClN3O3. The highest BCUT2D eigenvalue weighted by molar-refractivity contribution is 6.33. The maximum atomic E-state index is 12.9. The molecule has 0 aliphatic heterocycles. The molecule has 152 valence electrons. The molecule has 1 saturated carbocycles. The summed E-state index contributed by atoms with van der Waals surface area (Å²) in [4.78, 5) is 38.0. The fraction of sp³-hybridized carbons (Fsp3) is 0.318. The van der Waals surface area contributed by atoms with Crippen molar-refractivity contribution in [2.75, 3.05) is 5.32 Å². The molecule has 1 aliphatic carbocycles. The molecule has 3 amide bonds. The predicted octanol–water partition coefficient (Wildman–Crippen LogP) is 3.63. The van der Waals surface area contributed by atoms with Crippen molar-refractivity contribution in [2.24, 2.45) is 5.92 Å². The molecule has 0 saturated heterocycles. The van der Waals surface area contributed by atoms with Crippen molar-refractivity contribution in [1.29, 1.82) is 0 Å². The van der Waals surface area contributed by atoms with Gasteiger partial charge in [-0.1, -0.05) is 49.7 Å². The number of rotatable bonds is 7. The summed E-state index contributed by atoms with van der Waals surface area (Å²) in [6, 6.07) is 12.9. The number of amides is 3. The van der Waals surface area contributed by atoms with Crippen LogP contribution in [0, 0.1) is 5.92 Å². The van der Waals surface area contributed by atoms with Gasteiger partial charge in [-0.25, -0.2) is 0 Å². The molecule has 3 N–H and O–H groups in total. The molecule has 7 heteroatoms. The summed E-state index contributed by atoms with van der Waals surface area (Å²) in [6.45, 7) is 3.67. The van der Waals surface area contributed by atoms with Gasteiger partial charge in [-0.05, 0) is 43.0 Å². The lowest BCUT2D eigenvalue weighted by Crippen LogP contribution is -2.47. The largest absolute Gasteiger partial charge is 0.349 e. The molecule has 2 aromatic carbocycles. The Morgan fingerprint density at radius 1 is 0.931 bits per heavy atom. The van der Waals surface area contributed by atoms with Gasteiger partial charge < -0.3 is 16.0 Å². The van der Waals surface area contributed by atoms with Crippen LogP contribution < -0.4 is 16.0 Å². The second kappa shape index (κ2) is 9.09. The van der Waals surface area contributed by atoms with Crippen LogP contribution in [0.3, 0.4) is 0 Å². The van der Waals surface area contributed by atoms with Gasteiger partial charge >= 0.3 is 0 Å². The Bertz CT molecular complexity index is 925. The Morgan fingerprint density at radius 2 is 1.55 bits per heavy atom. The number of carbonyl (C=O) groups is 3. The number of benzene rings is 2. The summed E-state index contributed by atoms with van der Waals surface area (Å²) in [5, 5.41) is 8.77. The van der Waals surface area contributed by atoms with E-state index in [1.165, 1.54) is 0 Å². The van der Waals surface area contributed by atoms with Gasteiger partial charge in [0.2, 0.25) is 5.91 Å². The molecule has 3 rings (SSSR count). The zero-order valence-electron chi connectivity index (χ0n) is 16.4. The van der Waals surface area contributed by atoms with Gasteiger partial charge in [-0.15, -0.1) is 0 Å². The average molecular weight is 414 g/mol. The lowest BCUT2D eigenvalue weighted by molar-refractivity contribution is -0.118. The number of hydrogen-bond donors (Lipinski definition) is 3. The first-order valence-electron chi connectivity index (χ1n) is 9.63. The minimum absolute atomic E-state index is 0.172. The maximum Gasteiger partial charge on any atom is 0.253 e. The van der Waals surface area contributed by atoms with E-state index in [-0.39, 0.29) is 17.9 Å². The van der Waals surface area contributed by atoms with Gasteiger partial charge in [0.05, 0.1) is 21.8 Å². The lowest BCUT2D eigenvalue weighted by Gasteiger charge is -2.22. The van der Waals surface area contributed by atoms with Gasteiger partial charge in [0.1, 0.15) is 6.04 Å². The average Bonchev–Trinajstić information content (AvgIpc) is 3.50. The number of nitrogens with one attached hydrogen (secondary N) is 3. The van der Waals surface area contributed by atoms with Gasteiger partial charge in [0, 0.05) is 6.04 Å². The summed E-state index contributed by atoms with van der Waals surface area (Å²) in [5.41, 5.74) is 1.11. The van der Waals surface area contributed by atoms with Crippen molar-refractivity contribution >= 4 is 35.0 Å². The highest BCUT2D eigenvalue weighted by Crippen LogP contribution is 2.22. The van der Waals surface area contributed by atoms with E-state index >= 15 is 0 Å². The fourth-order valence-electron chi connectivity index (χ4n) is 2.89. The predicted molar refractivity (Wildman–Crippen MR) is 113 cm³/mol. The topological polar surface area (TPSA) is 87.3 Å². The Balaban J connectivity index is 1.74. The standard InChI is InChI=1S/C22H24ClN3O3/c1-13(2)19(26-20(27)15-7-3-5-9-17(15)23)22(29)25-18-10-6-4-8-16(18)21(28)24-14-11-12-14/h3-10,13-14,19H,11-12H2,1-2H3,(H,24,28)(H,25,29)(H,26,27)/t19-/m1/s1. The minimum atomic E-state index is -0.793. The van der Waals surface area contributed by atoms with Crippen LogP contribution in [0.25, 0.3) is 0 Å². The third-order valence-electron chi connectivity index (χ3n) is 4.70. The molecule has 29 heavy (non-hydrogen) atoms. The van der Waals surface area contributed by atoms with Crippen LogP contribution in [0.5, 0.6) is 0 Å². The van der Waals surface area contributed by atoms with E-state index in [9.17, 15) is 14.4 Å². The van der Waals surface area contributed by atoms with Crippen LogP contribution in [-0.2, 0) is 4.79 Å². The van der Waals surface area contributed by atoms with Crippen LogP contribution in [-0.4, -0.2) is 29.8 Å². The normalized spacial score (nSPS) is 14.2. The Labute approximate surface area is 175 Å². The molecule has 0 radical (unpaired) electrons. The maximum absolute atomic E-state index is 12.9. The smallest absolute Gasteiger partial charge is 0.253 e. The number of carbonyl (C=O) groups excluding carboxylic acids is 3. The lowest BCUT2D eigenvalue weighted by atomic mass is 10.0. The van der Waals surface area contributed by atoms with Crippen molar-refractivity contribution < 1.29 is 14.4 Å². The zero-order chi connectivity index (χ0) is 21.0. The van der Waals surface area contributed by atoms with Gasteiger partial charge in [-0.3, -0.25) is 14.4 Å². The fourth-order valence-corrected chi connectivity index (χ4v) is 3.11. The molecule has 1 aliphatic rings. The summed E-state index contributed by atoms with van der Waals surface area (Å²) in [5.74, 6) is -1.21. The Kier molecular flexibility index (Phi) is 6.54. The first-order chi connectivity index (χ1) is 13.9. The molecule has 0 aromatic heterocycles. The van der Waals surface area contributed by atoms with Gasteiger partial charge in [0.25, 0.3) is 11.8 Å². The summed E-state index contributed by atoms with van der Waals surface area (Å²) < 4.78 is 0. The van der Waals surface area contributed by atoms with E-state index in [0.717, 1.165) is 12.8 Å². The number of anilines is 1. The Hall–Kier alpha value is -2.86. The molecule has 1 fully saturated rings. The zero-order valence-corrected chi connectivity index (χ0v) is 17.1. The van der Waals surface area contributed by atoms with E-state index in [1.54, 1.807) is 48.5 Å². The summed E-state index contributed by atoms with van der Waals surface area (Å²) >= 11 is 6.09. The Morgan fingerprint density at radius 3 is 2.17 bits per heavy atom. The SMILES string of the molecule is CC(C)[C@@H](NC(=O)c1ccccc1Cl)C(=O)Nc1ccccc1C(=O)NC1CC1. The van der Waals surface area contributed by atoms with Crippen molar-refractivity contribution in [1.82, 2.24) is 10.6 Å². The van der Waals surface area contributed by atoms with Crippen molar-refractivity contribution in [3.05, 3.63) is 64.7 Å². The van der Waals surface area contributed by atoms with E-state index in [0.29, 0.717) is 21.8 Å².